The largest absolute Gasteiger partial charge is 0.476 e. The number of nitrogens with one attached hydrogen (secondary N) is 1. The van der Waals surface area contributed by atoms with Crippen LogP contribution in [-0.2, 0) is 16.0 Å². The van der Waals surface area contributed by atoms with Crippen LogP contribution in [0.1, 0.15) is 11.1 Å². The van der Waals surface area contributed by atoms with Crippen molar-refractivity contribution in [2.45, 2.75) is 6.42 Å². The van der Waals surface area contributed by atoms with Gasteiger partial charge in [-0.3, -0.25) is 4.79 Å². The second-order valence-corrected chi connectivity index (χ2v) is 3.63. The molecule has 0 saturated carbocycles. The van der Waals surface area contributed by atoms with E-state index in [0.29, 0.717) is 18.9 Å². The van der Waals surface area contributed by atoms with E-state index in [1.807, 2.05) is 18.2 Å². The molecular formula is C11H10N2O2. The highest BCUT2D eigenvalue weighted by Gasteiger charge is 2.19. The molecule has 4 heteroatoms. The Morgan fingerprint density at radius 1 is 1.40 bits per heavy atom. The predicted octanol–water partition coefficient (Wildman–Crippen LogP) is 0.958. The fraction of sp³-hybridized carbons (Fsp3) is 0.273. The second kappa shape index (κ2) is 3.08. The molecular weight excluding hydrogens is 192 g/mol. The molecule has 0 radical (unpaired) electrons. The van der Waals surface area contributed by atoms with Gasteiger partial charge in [-0.2, -0.15) is 0 Å². The molecule has 0 aliphatic carbocycles. The summed E-state index contributed by atoms with van der Waals surface area (Å²) >= 11 is 0. The van der Waals surface area contributed by atoms with E-state index in [2.05, 4.69) is 10.3 Å². The van der Waals surface area contributed by atoms with Crippen molar-refractivity contribution in [1.82, 2.24) is 0 Å². The summed E-state index contributed by atoms with van der Waals surface area (Å²) in [5.74, 6) is 0.732. The van der Waals surface area contributed by atoms with E-state index in [1.165, 1.54) is 0 Å². The first-order valence-corrected chi connectivity index (χ1v) is 4.93. The van der Waals surface area contributed by atoms with E-state index in [-0.39, 0.29) is 5.91 Å². The van der Waals surface area contributed by atoms with Gasteiger partial charge in [0.1, 0.15) is 6.61 Å². The minimum absolute atomic E-state index is 0.0522. The van der Waals surface area contributed by atoms with Crippen molar-refractivity contribution >= 4 is 17.5 Å². The number of fused-ring (bicyclic) bond motifs is 1. The van der Waals surface area contributed by atoms with Gasteiger partial charge in [-0.1, -0.05) is 6.07 Å². The van der Waals surface area contributed by atoms with Gasteiger partial charge in [0.05, 0.1) is 13.0 Å². The molecule has 4 nitrogen and oxygen atoms in total. The topological polar surface area (TPSA) is 50.7 Å². The molecule has 0 fully saturated rings. The quantitative estimate of drug-likeness (QED) is 0.737. The van der Waals surface area contributed by atoms with Crippen LogP contribution in [0.15, 0.2) is 23.2 Å². The summed E-state index contributed by atoms with van der Waals surface area (Å²) in [7, 11) is 0. The number of aliphatic imine (C=N–C) groups is 1. The van der Waals surface area contributed by atoms with Crippen LogP contribution in [0.5, 0.6) is 0 Å². The van der Waals surface area contributed by atoms with E-state index >= 15 is 0 Å². The highest BCUT2D eigenvalue weighted by Crippen LogP contribution is 2.24. The number of anilines is 1. The van der Waals surface area contributed by atoms with Crippen molar-refractivity contribution in [3.63, 3.8) is 0 Å². The molecule has 76 valence electrons. The predicted molar refractivity (Wildman–Crippen MR) is 56.1 cm³/mol. The number of benzene rings is 1. The molecule has 0 atom stereocenters. The van der Waals surface area contributed by atoms with Crippen LogP contribution in [0.4, 0.5) is 5.69 Å². The molecule has 0 spiro atoms. The van der Waals surface area contributed by atoms with Crippen molar-refractivity contribution in [2.75, 3.05) is 18.5 Å². The van der Waals surface area contributed by atoms with Gasteiger partial charge in [0.15, 0.2) is 0 Å². The number of rotatable bonds is 1. The fourth-order valence-electron chi connectivity index (χ4n) is 1.86. The van der Waals surface area contributed by atoms with Crippen LogP contribution < -0.4 is 5.32 Å². The summed E-state index contributed by atoms with van der Waals surface area (Å²) in [5, 5.41) is 2.81. The maximum Gasteiger partial charge on any atom is 0.228 e. The smallest absolute Gasteiger partial charge is 0.228 e. The molecule has 1 aromatic carbocycles. The van der Waals surface area contributed by atoms with Gasteiger partial charge in [-0.05, 0) is 17.7 Å². The van der Waals surface area contributed by atoms with E-state index in [1.54, 1.807) is 0 Å². The minimum atomic E-state index is 0.0522. The monoisotopic (exact) mass is 202 g/mol. The van der Waals surface area contributed by atoms with E-state index in [9.17, 15) is 4.79 Å². The van der Waals surface area contributed by atoms with Crippen molar-refractivity contribution in [2.24, 2.45) is 4.99 Å². The summed E-state index contributed by atoms with van der Waals surface area (Å²) in [6.07, 6.45) is 0.475. The molecule has 2 aliphatic rings. The highest BCUT2D eigenvalue weighted by molar-refractivity contribution is 6.02. The molecule has 3 rings (SSSR count). The van der Waals surface area contributed by atoms with Crippen LogP contribution in [0.3, 0.4) is 0 Å². The Kier molecular flexibility index (Phi) is 1.74. The Labute approximate surface area is 87.0 Å². The fourth-order valence-corrected chi connectivity index (χ4v) is 1.86. The molecule has 1 N–H and O–H groups in total. The zero-order valence-electron chi connectivity index (χ0n) is 8.12. The normalized spacial score (nSPS) is 18.1. The Morgan fingerprint density at radius 3 is 3.13 bits per heavy atom. The maximum atomic E-state index is 11.2. The Balaban J connectivity index is 1.99. The number of amides is 1. The summed E-state index contributed by atoms with van der Waals surface area (Å²) in [5.41, 5.74) is 2.87. The molecule has 0 bridgehead atoms. The summed E-state index contributed by atoms with van der Waals surface area (Å²) < 4.78 is 5.36. The zero-order chi connectivity index (χ0) is 10.3. The van der Waals surface area contributed by atoms with Gasteiger partial charge in [-0.15, -0.1) is 0 Å². The zero-order valence-corrected chi connectivity index (χ0v) is 8.12. The third-order valence-electron chi connectivity index (χ3n) is 2.57. The lowest BCUT2D eigenvalue weighted by molar-refractivity contribution is -0.115. The highest BCUT2D eigenvalue weighted by atomic mass is 16.5. The maximum absolute atomic E-state index is 11.2. The number of hydrogen-bond donors (Lipinski definition) is 1. The van der Waals surface area contributed by atoms with Gasteiger partial charge >= 0.3 is 0 Å². The van der Waals surface area contributed by atoms with Crippen molar-refractivity contribution in [1.29, 1.82) is 0 Å². The van der Waals surface area contributed by atoms with E-state index < -0.39 is 0 Å². The average molecular weight is 202 g/mol. The Morgan fingerprint density at radius 2 is 2.33 bits per heavy atom. The SMILES string of the molecule is O=C1Cc2ccc(C3=NCCO3)cc2N1. The van der Waals surface area contributed by atoms with Crippen molar-refractivity contribution < 1.29 is 9.53 Å². The number of ether oxygens (including phenoxy) is 1. The summed E-state index contributed by atoms with van der Waals surface area (Å²) in [4.78, 5) is 15.4. The summed E-state index contributed by atoms with van der Waals surface area (Å²) in [6, 6.07) is 5.82. The summed E-state index contributed by atoms with van der Waals surface area (Å²) in [6.45, 7) is 1.37. The standard InChI is InChI=1S/C11H10N2O2/c14-10-6-7-1-2-8(5-9(7)13-10)11-12-3-4-15-11/h1-2,5H,3-4,6H2,(H,13,14). The molecule has 0 unspecified atom stereocenters. The first-order chi connectivity index (χ1) is 7.33. The Hall–Kier alpha value is -1.84. The average Bonchev–Trinajstić information content (AvgIpc) is 2.82. The lowest BCUT2D eigenvalue weighted by Crippen LogP contribution is -2.04. The van der Waals surface area contributed by atoms with Gasteiger partial charge in [-0.25, -0.2) is 4.99 Å². The third kappa shape index (κ3) is 1.38. The number of nitrogens with zero attached hydrogens (tertiary/aromatic N) is 1. The molecule has 15 heavy (non-hydrogen) atoms. The number of carbonyl (C=O) groups is 1. The van der Waals surface area contributed by atoms with Gasteiger partial charge in [0.2, 0.25) is 11.8 Å². The third-order valence-corrected chi connectivity index (χ3v) is 2.57. The number of hydrogen-bond acceptors (Lipinski definition) is 3. The van der Waals surface area contributed by atoms with E-state index in [4.69, 9.17) is 4.74 Å². The van der Waals surface area contributed by atoms with Gasteiger partial charge < -0.3 is 10.1 Å². The molecule has 2 heterocycles. The van der Waals surface area contributed by atoms with E-state index in [0.717, 1.165) is 23.4 Å². The van der Waals surface area contributed by atoms with Crippen LogP contribution in [-0.4, -0.2) is 25.0 Å². The minimum Gasteiger partial charge on any atom is -0.476 e. The molecule has 0 aromatic heterocycles. The molecule has 2 aliphatic heterocycles. The molecule has 1 aromatic rings. The number of carbonyl (C=O) groups excluding carboxylic acids is 1. The van der Waals surface area contributed by atoms with Crippen LogP contribution in [0.2, 0.25) is 0 Å². The van der Waals surface area contributed by atoms with Crippen molar-refractivity contribution in [3.8, 4) is 0 Å². The molecule has 0 saturated heterocycles. The lowest BCUT2D eigenvalue weighted by atomic mass is 10.1. The lowest BCUT2D eigenvalue weighted by Gasteiger charge is -2.04. The van der Waals surface area contributed by atoms with Crippen molar-refractivity contribution in [3.05, 3.63) is 29.3 Å². The first-order valence-electron chi connectivity index (χ1n) is 4.93. The van der Waals surface area contributed by atoms with Gasteiger partial charge in [0, 0.05) is 11.3 Å². The first kappa shape index (κ1) is 8.47. The van der Waals surface area contributed by atoms with Crippen LogP contribution in [0, 0.1) is 0 Å². The Bertz CT molecular complexity index is 466. The van der Waals surface area contributed by atoms with Gasteiger partial charge in [0.25, 0.3) is 0 Å². The second-order valence-electron chi connectivity index (χ2n) is 3.63. The van der Waals surface area contributed by atoms with Crippen LogP contribution >= 0.6 is 0 Å². The van der Waals surface area contributed by atoms with Crippen LogP contribution in [0.25, 0.3) is 0 Å². The molecule has 1 amide bonds.